The summed E-state index contributed by atoms with van der Waals surface area (Å²) in [6.45, 7) is 0.490. The van der Waals surface area contributed by atoms with Crippen LogP contribution in [0, 0.1) is 0 Å². The highest BCUT2D eigenvalue weighted by molar-refractivity contribution is 5.97. The molecule has 0 unspecified atom stereocenters. The van der Waals surface area contributed by atoms with Gasteiger partial charge in [-0.3, -0.25) is 0 Å². The Labute approximate surface area is 122 Å². The minimum Gasteiger partial charge on any atom is -0.478 e. The fraction of sp³-hybridized carbons (Fsp3) is 0.125. The molecule has 0 aromatic heterocycles. The van der Waals surface area contributed by atoms with Gasteiger partial charge >= 0.3 is 11.9 Å². The molecule has 5 nitrogen and oxygen atoms in total. The smallest absolute Gasteiger partial charge is 0.337 e. The van der Waals surface area contributed by atoms with Gasteiger partial charge < -0.3 is 15.1 Å². The van der Waals surface area contributed by atoms with Crippen molar-refractivity contribution in [1.29, 1.82) is 0 Å². The lowest BCUT2D eigenvalue weighted by atomic mass is 10.1. The van der Waals surface area contributed by atoms with Gasteiger partial charge in [-0.05, 0) is 23.8 Å². The van der Waals surface area contributed by atoms with Gasteiger partial charge in [0.25, 0.3) is 0 Å². The first-order chi connectivity index (χ1) is 9.99. The molecule has 0 fully saturated rings. The molecule has 0 aliphatic carbocycles. The summed E-state index contributed by atoms with van der Waals surface area (Å²) in [6, 6.07) is 13.6. The van der Waals surface area contributed by atoms with Crippen molar-refractivity contribution >= 4 is 17.6 Å². The zero-order chi connectivity index (χ0) is 15.4. The van der Waals surface area contributed by atoms with Crippen LogP contribution < -0.4 is 4.90 Å². The van der Waals surface area contributed by atoms with Crippen molar-refractivity contribution < 1.29 is 19.8 Å². The first kappa shape index (κ1) is 14.6. The molecule has 0 aliphatic heterocycles. The SMILES string of the molecule is CN(Cc1ccccc1)c1cc(C(=O)O)ccc1C(=O)O. The van der Waals surface area contributed by atoms with Crippen LogP contribution in [0.1, 0.15) is 26.3 Å². The average molecular weight is 285 g/mol. The van der Waals surface area contributed by atoms with Crippen LogP contribution in [-0.2, 0) is 6.54 Å². The second kappa shape index (κ2) is 6.09. The average Bonchev–Trinajstić information content (AvgIpc) is 2.47. The van der Waals surface area contributed by atoms with E-state index < -0.39 is 11.9 Å². The van der Waals surface area contributed by atoms with Gasteiger partial charge in [0.05, 0.1) is 16.8 Å². The van der Waals surface area contributed by atoms with Gasteiger partial charge in [0.1, 0.15) is 0 Å². The Morgan fingerprint density at radius 3 is 2.24 bits per heavy atom. The summed E-state index contributed by atoms with van der Waals surface area (Å²) in [5.41, 5.74) is 1.54. The number of carbonyl (C=O) groups is 2. The molecule has 0 saturated carbocycles. The lowest BCUT2D eigenvalue weighted by molar-refractivity contribution is 0.0681. The monoisotopic (exact) mass is 285 g/mol. The molecule has 0 amide bonds. The molecular weight excluding hydrogens is 270 g/mol. The second-order valence-electron chi connectivity index (χ2n) is 4.68. The van der Waals surface area contributed by atoms with E-state index in [-0.39, 0.29) is 11.1 Å². The first-order valence-electron chi connectivity index (χ1n) is 6.34. The third-order valence-electron chi connectivity index (χ3n) is 3.15. The predicted octanol–water partition coefficient (Wildman–Crippen LogP) is 2.72. The number of hydrogen-bond donors (Lipinski definition) is 2. The van der Waals surface area contributed by atoms with Crippen molar-refractivity contribution in [3.8, 4) is 0 Å². The molecule has 0 radical (unpaired) electrons. The van der Waals surface area contributed by atoms with E-state index in [2.05, 4.69) is 0 Å². The highest BCUT2D eigenvalue weighted by Crippen LogP contribution is 2.23. The van der Waals surface area contributed by atoms with E-state index in [0.717, 1.165) is 5.56 Å². The summed E-state index contributed by atoms with van der Waals surface area (Å²) in [5.74, 6) is -2.16. The molecule has 0 aliphatic rings. The third kappa shape index (κ3) is 3.39. The van der Waals surface area contributed by atoms with Gasteiger partial charge in [-0.1, -0.05) is 30.3 Å². The van der Waals surface area contributed by atoms with E-state index in [0.29, 0.717) is 12.2 Å². The highest BCUT2D eigenvalue weighted by Gasteiger charge is 2.16. The summed E-state index contributed by atoms with van der Waals surface area (Å²) in [7, 11) is 1.74. The largest absolute Gasteiger partial charge is 0.478 e. The van der Waals surface area contributed by atoms with E-state index in [1.54, 1.807) is 11.9 Å². The summed E-state index contributed by atoms with van der Waals surface area (Å²) in [5, 5.41) is 18.3. The van der Waals surface area contributed by atoms with Gasteiger partial charge in [-0.2, -0.15) is 0 Å². The van der Waals surface area contributed by atoms with E-state index in [4.69, 9.17) is 5.11 Å². The number of anilines is 1. The molecule has 2 aromatic carbocycles. The second-order valence-corrected chi connectivity index (χ2v) is 4.68. The summed E-state index contributed by atoms with van der Waals surface area (Å²) in [4.78, 5) is 24.1. The summed E-state index contributed by atoms with van der Waals surface area (Å²) in [6.07, 6.45) is 0. The van der Waals surface area contributed by atoms with Crippen molar-refractivity contribution in [3.05, 3.63) is 65.2 Å². The quantitative estimate of drug-likeness (QED) is 0.883. The van der Waals surface area contributed by atoms with Gasteiger partial charge in [0.2, 0.25) is 0 Å². The molecular formula is C16H15NO4. The third-order valence-corrected chi connectivity index (χ3v) is 3.15. The Morgan fingerprint density at radius 1 is 1.00 bits per heavy atom. The Bertz CT molecular complexity index is 667. The maximum atomic E-state index is 11.3. The number of carboxylic acid groups (broad SMARTS) is 2. The Morgan fingerprint density at radius 2 is 1.67 bits per heavy atom. The van der Waals surface area contributed by atoms with Crippen molar-refractivity contribution in [3.63, 3.8) is 0 Å². The first-order valence-corrected chi connectivity index (χ1v) is 6.34. The highest BCUT2D eigenvalue weighted by atomic mass is 16.4. The molecule has 2 N–H and O–H groups in total. The van der Waals surface area contributed by atoms with Crippen LogP contribution in [0.25, 0.3) is 0 Å². The number of nitrogens with zero attached hydrogens (tertiary/aromatic N) is 1. The van der Waals surface area contributed by atoms with Gasteiger partial charge in [0, 0.05) is 13.6 Å². The minimum atomic E-state index is -1.08. The van der Waals surface area contributed by atoms with Crippen molar-refractivity contribution in [2.24, 2.45) is 0 Å². The predicted molar refractivity (Wildman–Crippen MR) is 78.9 cm³/mol. The Hall–Kier alpha value is -2.82. The zero-order valence-electron chi connectivity index (χ0n) is 11.5. The van der Waals surface area contributed by atoms with E-state index >= 15 is 0 Å². The van der Waals surface area contributed by atoms with E-state index in [1.807, 2.05) is 30.3 Å². The molecule has 2 aromatic rings. The fourth-order valence-electron chi connectivity index (χ4n) is 2.10. The maximum Gasteiger partial charge on any atom is 0.337 e. The lowest BCUT2D eigenvalue weighted by Crippen LogP contribution is -2.20. The summed E-state index contributed by atoms with van der Waals surface area (Å²) < 4.78 is 0. The Kier molecular flexibility index (Phi) is 4.23. The molecule has 0 atom stereocenters. The van der Waals surface area contributed by atoms with Crippen LogP contribution in [0.4, 0.5) is 5.69 Å². The molecule has 0 heterocycles. The number of rotatable bonds is 5. The van der Waals surface area contributed by atoms with Crippen LogP contribution in [-0.4, -0.2) is 29.2 Å². The summed E-state index contributed by atoms with van der Waals surface area (Å²) >= 11 is 0. The molecule has 0 saturated heterocycles. The maximum absolute atomic E-state index is 11.3. The topological polar surface area (TPSA) is 77.8 Å². The Balaban J connectivity index is 2.37. The van der Waals surface area contributed by atoms with Crippen LogP contribution in [0.3, 0.4) is 0 Å². The van der Waals surface area contributed by atoms with E-state index in [1.165, 1.54) is 18.2 Å². The number of benzene rings is 2. The number of carboxylic acids is 2. The lowest BCUT2D eigenvalue weighted by Gasteiger charge is -2.21. The van der Waals surface area contributed by atoms with Crippen LogP contribution >= 0.6 is 0 Å². The zero-order valence-corrected chi connectivity index (χ0v) is 11.5. The fourth-order valence-corrected chi connectivity index (χ4v) is 2.10. The standard InChI is InChI=1S/C16H15NO4/c1-17(10-11-5-3-2-4-6-11)14-9-12(15(18)19)7-8-13(14)16(20)21/h2-9H,10H2,1H3,(H,18,19)(H,20,21). The van der Waals surface area contributed by atoms with Crippen LogP contribution in [0.2, 0.25) is 0 Å². The molecule has 0 spiro atoms. The van der Waals surface area contributed by atoms with Gasteiger partial charge in [0.15, 0.2) is 0 Å². The minimum absolute atomic E-state index is 0.0647. The normalized spacial score (nSPS) is 10.1. The van der Waals surface area contributed by atoms with Crippen LogP contribution in [0.5, 0.6) is 0 Å². The molecule has 108 valence electrons. The van der Waals surface area contributed by atoms with Gasteiger partial charge in [-0.15, -0.1) is 0 Å². The number of aromatic carboxylic acids is 2. The molecule has 21 heavy (non-hydrogen) atoms. The van der Waals surface area contributed by atoms with Crippen LogP contribution in [0.15, 0.2) is 48.5 Å². The van der Waals surface area contributed by atoms with Crippen molar-refractivity contribution in [2.75, 3.05) is 11.9 Å². The van der Waals surface area contributed by atoms with Gasteiger partial charge in [-0.25, -0.2) is 9.59 Å². The molecule has 5 heteroatoms. The van der Waals surface area contributed by atoms with Crippen molar-refractivity contribution in [2.45, 2.75) is 6.54 Å². The molecule has 0 bridgehead atoms. The van der Waals surface area contributed by atoms with Crippen molar-refractivity contribution in [1.82, 2.24) is 0 Å². The van der Waals surface area contributed by atoms with E-state index in [9.17, 15) is 14.7 Å². The molecule has 2 rings (SSSR count). The number of hydrogen-bond acceptors (Lipinski definition) is 3.